The van der Waals surface area contributed by atoms with Gasteiger partial charge < -0.3 is 10.2 Å². The van der Waals surface area contributed by atoms with E-state index in [1.165, 1.54) is 0 Å². The van der Waals surface area contributed by atoms with Crippen LogP contribution in [0.15, 0.2) is 39.1 Å². The zero-order valence-electron chi connectivity index (χ0n) is 14.2. The van der Waals surface area contributed by atoms with Gasteiger partial charge in [0, 0.05) is 43.5 Å². The van der Waals surface area contributed by atoms with Gasteiger partial charge in [0.15, 0.2) is 11.7 Å². The maximum Gasteiger partial charge on any atom is 0.434 e. The van der Waals surface area contributed by atoms with Crippen molar-refractivity contribution in [3.63, 3.8) is 0 Å². The lowest BCUT2D eigenvalue weighted by atomic mass is 10.2. The van der Waals surface area contributed by atoms with Crippen LogP contribution in [-0.4, -0.2) is 36.5 Å². The summed E-state index contributed by atoms with van der Waals surface area (Å²) in [4.78, 5) is 9.78. The number of rotatable bonds is 5. The molecule has 10 heteroatoms. The molecule has 0 amide bonds. The van der Waals surface area contributed by atoms with Crippen LogP contribution in [-0.2, 0) is 19.1 Å². The van der Waals surface area contributed by atoms with Crippen LogP contribution in [0.25, 0.3) is 0 Å². The number of benzene rings is 1. The zero-order chi connectivity index (χ0) is 18.4. The van der Waals surface area contributed by atoms with Gasteiger partial charge in [0.2, 0.25) is 0 Å². The molecule has 1 aromatic heterocycles. The largest absolute Gasteiger partial charge is 0.434 e. The molecule has 0 atom stereocenters. The van der Waals surface area contributed by atoms with Gasteiger partial charge in [-0.3, -0.25) is 4.99 Å². The van der Waals surface area contributed by atoms with Crippen molar-refractivity contribution in [1.29, 1.82) is 0 Å². The molecular weight excluding hydrogens is 544 g/mol. The van der Waals surface area contributed by atoms with Crippen LogP contribution >= 0.6 is 51.2 Å². The van der Waals surface area contributed by atoms with Crippen LogP contribution in [0.4, 0.5) is 13.2 Å². The molecule has 0 saturated carbocycles. The molecule has 0 spiro atoms. The Morgan fingerprint density at radius 1 is 1.35 bits per heavy atom. The predicted molar refractivity (Wildman–Crippen MR) is 113 cm³/mol. The Kier molecular flexibility index (Phi) is 9.31. The van der Waals surface area contributed by atoms with Gasteiger partial charge in [-0.1, -0.05) is 34.1 Å². The topological polar surface area (TPSA) is 40.5 Å². The highest BCUT2D eigenvalue weighted by molar-refractivity contribution is 14.0. The highest BCUT2D eigenvalue weighted by Gasteiger charge is 2.33. The summed E-state index contributed by atoms with van der Waals surface area (Å²) in [7, 11) is 3.57. The Labute approximate surface area is 180 Å². The van der Waals surface area contributed by atoms with Crippen LogP contribution in [0.3, 0.4) is 0 Å². The maximum absolute atomic E-state index is 12.6. The fourth-order valence-electron chi connectivity index (χ4n) is 2.18. The number of nitrogens with zero attached hydrogens (tertiary/aromatic N) is 3. The lowest BCUT2D eigenvalue weighted by Crippen LogP contribution is -2.39. The van der Waals surface area contributed by atoms with Gasteiger partial charge in [0.25, 0.3) is 0 Å². The van der Waals surface area contributed by atoms with E-state index in [2.05, 4.69) is 31.2 Å². The van der Waals surface area contributed by atoms with E-state index < -0.39 is 11.9 Å². The zero-order valence-corrected chi connectivity index (χ0v) is 18.9. The molecule has 2 aromatic rings. The monoisotopic (exact) mass is 562 g/mol. The van der Waals surface area contributed by atoms with E-state index in [4.69, 9.17) is 0 Å². The van der Waals surface area contributed by atoms with Crippen LogP contribution in [0.2, 0.25) is 0 Å². The first-order valence-corrected chi connectivity index (χ1v) is 9.15. The highest BCUT2D eigenvalue weighted by atomic mass is 127. The molecule has 0 saturated heterocycles. The molecule has 1 aromatic carbocycles. The van der Waals surface area contributed by atoms with E-state index in [9.17, 15) is 13.2 Å². The minimum Gasteiger partial charge on any atom is -0.356 e. The Balaban J connectivity index is 0.00000338. The van der Waals surface area contributed by atoms with Crippen LogP contribution < -0.4 is 5.32 Å². The Morgan fingerprint density at radius 3 is 2.62 bits per heavy atom. The first-order chi connectivity index (χ1) is 11.8. The minimum absolute atomic E-state index is 0. The second-order valence-electron chi connectivity index (χ2n) is 5.30. The number of aliphatic imine (C=N–C) groups is 1. The molecule has 26 heavy (non-hydrogen) atoms. The van der Waals surface area contributed by atoms with Crippen molar-refractivity contribution < 1.29 is 13.2 Å². The van der Waals surface area contributed by atoms with Crippen LogP contribution in [0.1, 0.15) is 16.3 Å². The average Bonchev–Trinajstić information content (AvgIpc) is 3.03. The van der Waals surface area contributed by atoms with Gasteiger partial charge in [-0.2, -0.15) is 13.2 Å². The first kappa shape index (κ1) is 23.2. The van der Waals surface area contributed by atoms with E-state index in [1.807, 2.05) is 36.2 Å². The molecular formula is C16H19BrF3IN4S. The fraction of sp³-hybridized carbons (Fsp3) is 0.375. The number of nitrogens with one attached hydrogen (secondary N) is 1. The van der Waals surface area contributed by atoms with Crippen molar-refractivity contribution in [2.24, 2.45) is 4.99 Å². The van der Waals surface area contributed by atoms with E-state index >= 15 is 0 Å². The Bertz CT molecular complexity index is 736. The highest BCUT2D eigenvalue weighted by Crippen LogP contribution is 2.30. The van der Waals surface area contributed by atoms with Crippen molar-refractivity contribution in [2.45, 2.75) is 19.1 Å². The van der Waals surface area contributed by atoms with Gasteiger partial charge in [0.1, 0.15) is 0 Å². The molecule has 0 unspecified atom stereocenters. The summed E-state index contributed by atoms with van der Waals surface area (Å²) in [5, 5.41) is 4.64. The van der Waals surface area contributed by atoms with E-state index in [-0.39, 0.29) is 24.0 Å². The first-order valence-electron chi connectivity index (χ1n) is 7.48. The molecule has 0 aliphatic heterocycles. The predicted octanol–water partition coefficient (Wildman–Crippen LogP) is 4.79. The van der Waals surface area contributed by atoms with Crippen molar-refractivity contribution in [1.82, 2.24) is 15.2 Å². The van der Waals surface area contributed by atoms with E-state index in [0.29, 0.717) is 30.5 Å². The molecule has 0 aliphatic carbocycles. The average molecular weight is 563 g/mol. The number of hydrogen-bond donors (Lipinski definition) is 1. The van der Waals surface area contributed by atoms with E-state index in [0.717, 1.165) is 26.8 Å². The van der Waals surface area contributed by atoms with Crippen molar-refractivity contribution in [3.05, 3.63) is 50.4 Å². The molecule has 2 rings (SSSR count). The van der Waals surface area contributed by atoms with Gasteiger partial charge in [-0.25, -0.2) is 4.98 Å². The summed E-state index contributed by atoms with van der Waals surface area (Å²) in [6.45, 7) is 1.11. The number of alkyl halides is 3. The van der Waals surface area contributed by atoms with Gasteiger partial charge in [0.05, 0.1) is 5.01 Å². The standard InChI is InChI=1S/C16H18BrF3N4S.HI/c1-21-15(24(2)9-11-5-3-4-6-12(11)17)22-8-7-14-23-13(10-25-14)16(18,19)20;/h3-6,10H,7-9H2,1-2H3,(H,21,22);1H. The van der Waals surface area contributed by atoms with Crippen molar-refractivity contribution in [3.8, 4) is 0 Å². The van der Waals surface area contributed by atoms with Crippen molar-refractivity contribution in [2.75, 3.05) is 20.6 Å². The lowest BCUT2D eigenvalue weighted by Gasteiger charge is -2.22. The molecule has 1 N–H and O–H groups in total. The number of hydrogen-bond acceptors (Lipinski definition) is 3. The number of guanidine groups is 1. The molecule has 0 radical (unpaired) electrons. The molecule has 144 valence electrons. The number of aromatic nitrogens is 1. The third-order valence-corrected chi connectivity index (χ3v) is 5.09. The van der Waals surface area contributed by atoms with Gasteiger partial charge in [-0.15, -0.1) is 35.3 Å². The van der Waals surface area contributed by atoms with Crippen LogP contribution in [0, 0.1) is 0 Å². The van der Waals surface area contributed by atoms with Crippen molar-refractivity contribution >= 4 is 57.2 Å². The SMILES string of the molecule is CN=C(NCCc1nc(C(F)(F)F)cs1)N(C)Cc1ccccc1Br.I. The smallest absolute Gasteiger partial charge is 0.356 e. The maximum atomic E-state index is 12.6. The third kappa shape index (κ3) is 6.69. The second-order valence-corrected chi connectivity index (χ2v) is 7.09. The fourth-order valence-corrected chi connectivity index (χ4v) is 3.39. The molecule has 0 fully saturated rings. The second kappa shape index (κ2) is 10.5. The van der Waals surface area contributed by atoms with Crippen LogP contribution in [0.5, 0.6) is 0 Å². The minimum atomic E-state index is -4.39. The summed E-state index contributed by atoms with van der Waals surface area (Å²) < 4.78 is 38.7. The normalized spacial score (nSPS) is 11.8. The summed E-state index contributed by atoms with van der Waals surface area (Å²) in [6, 6.07) is 7.90. The molecule has 0 bridgehead atoms. The summed E-state index contributed by atoms with van der Waals surface area (Å²) in [5.41, 5.74) is 0.283. The summed E-state index contributed by atoms with van der Waals surface area (Å²) in [6.07, 6.45) is -3.98. The lowest BCUT2D eigenvalue weighted by molar-refractivity contribution is -0.140. The molecule has 4 nitrogen and oxygen atoms in total. The number of thiazole rings is 1. The Morgan fingerprint density at radius 2 is 2.04 bits per heavy atom. The Hall–Kier alpha value is -0.880. The summed E-state index contributed by atoms with van der Waals surface area (Å²) in [5.74, 6) is 0.670. The number of halogens is 5. The van der Waals surface area contributed by atoms with Gasteiger partial charge in [-0.05, 0) is 11.6 Å². The van der Waals surface area contributed by atoms with E-state index in [1.54, 1.807) is 7.05 Å². The summed E-state index contributed by atoms with van der Waals surface area (Å²) >= 11 is 4.53. The third-order valence-electron chi connectivity index (χ3n) is 3.40. The molecule has 1 heterocycles. The quantitative estimate of drug-likeness (QED) is 0.323. The molecule has 0 aliphatic rings. The van der Waals surface area contributed by atoms with Gasteiger partial charge >= 0.3 is 6.18 Å².